The third kappa shape index (κ3) is 2.09. The molecule has 0 saturated heterocycles. The summed E-state index contributed by atoms with van der Waals surface area (Å²) in [5.74, 6) is -2.63. The maximum absolute atomic E-state index is 13.6. The van der Waals surface area contributed by atoms with Crippen molar-refractivity contribution < 1.29 is 13.6 Å². The molecule has 17 heavy (non-hydrogen) atoms. The number of nitrogen functional groups attached to an aromatic ring is 1. The summed E-state index contributed by atoms with van der Waals surface area (Å²) >= 11 is 0. The Balaban J connectivity index is 2.27. The van der Waals surface area contributed by atoms with Crippen molar-refractivity contribution in [1.82, 2.24) is 5.32 Å². The van der Waals surface area contributed by atoms with Gasteiger partial charge in [-0.15, -0.1) is 0 Å². The van der Waals surface area contributed by atoms with Gasteiger partial charge < -0.3 is 11.1 Å². The highest BCUT2D eigenvalue weighted by atomic mass is 19.1. The first kappa shape index (κ1) is 11.8. The van der Waals surface area contributed by atoms with Gasteiger partial charge in [-0.05, 0) is 38.3 Å². The Morgan fingerprint density at radius 2 is 2.06 bits per heavy atom. The Hall–Kier alpha value is -1.65. The molecule has 3 nitrogen and oxygen atoms in total. The standard InChI is InChI=1S/C12H14F2N2O/c1-12(5-2-6-12)16-11(17)9-7(13)3-4-8(15)10(9)14/h3-4H,2,5-6,15H2,1H3,(H,16,17). The van der Waals surface area contributed by atoms with Crippen LogP contribution in [0.25, 0.3) is 0 Å². The summed E-state index contributed by atoms with van der Waals surface area (Å²) in [4.78, 5) is 11.8. The molecular formula is C12H14F2N2O. The number of hydrogen-bond donors (Lipinski definition) is 2. The van der Waals surface area contributed by atoms with E-state index in [0.717, 1.165) is 31.4 Å². The normalized spacial score (nSPS) is 17.4. The fraction of sp³-hybridized carbons (Fsp3) is 0.417. The number of nitrogens with one attached hydrogen (secondary N) is 1. The first-order chi connectivity index (χ1) is 7.93. The molecule has 0 aromatic heterocycles. The average molecular weight is 240 g/mol. The molecule has 0 unspecified atom stereocenters. The summed E-state index contributed by atoms with van der Waals surface area (Å²) in [7, 11) is 0. The largest absolute Gasteiger partial charge is 0.396 e. The first-order valence-electron chi connectivity index (χ1n) is 5.49. The van der Waals surface area contributed by atoms with Gasteiger partial charge in [-0.2, -0.15) is 0 Å². The third-order valence-corrected chi connectivity index (χ3v) is 3.22. The summed E-state index contributed by atoms with van der Waals surface area (Å²) < 4.78 is 27.0. The van der Waals surface area contributed by atoms with Gasteiger partial charge in [-0.3, -0.25) is 4.79 Å². The van der Waals surface area contributed by atoms with E-state index in [1.165, 1.54) is 0 Å². The van der Waals surface area contributed by atoms with Crippen molar-refractivity contribution in [3.8, 4) is 0 Å². The lowest BCUT2D eigenvalue weighted by molar-refractivity contribution is 0.0842. The average Bonchev–Trinajstić information content (AvgIpc) is 2.22. The molecule has 0 radical (unpaired) electrons. The van der Waals surface area contributed by atoms with E-state index >= 15 is 0 Å². The zero-order valence-electron chi connectivity index (χ0n) is 9.52. The van der Waals surface area contributed by atoms with Gasteiger partial charge in [0, 0.05) is 5.54 Å². The van der Waals surface area contributed by atoms with Crippen LogP contribution >= 0.6 is 0 Å². The summed E-state index contributed by atoms with van der Waals surface area (Å²) in [6, 6.07) is 2.10. The van der Waals surface area contributed by atoms with Crippen molar-refractivity contribution in [2.24, 2.45) is 0 Å². The Kier molecular flexibility index (Phi) is 2.77. The van der Waals surface area contributed by atoms with Crippen molar-refractivity contribution in [2.45, 2.75) is 31.7 Å². The predicted octanol–water partition coefficient (Wildman–Crippen LogP) is 2.22. The number of carbonyl (C=O) groups is 1. The van der Waals surface area contributed by atoms with Crippen LogP contribution in [0.15, 0.2) is 12.1 Å². The van der Waals surface area contributed by atoms with E-state index in [1.54, 1.807) is 0 Å². The highest BCUT2D eigenvalue weighted by Gasteiger charge is 2.34. The number of rotatable bonds is 2. The van der Waals surface area contributed by atoms with E-state index in [1.807, 2.05) is 6.92 Å². The Morgan fingerprint density at radius 1 is 1.41 bits per heavy atom. The molecule has 5 heteroatoms. The van der Waals surface area contributed by atoms with Crippen LogP contribution in [-0.4, -0.2) is 11.4 Å². The van der Waals surface area contributed by atoms with E-state index in [0.29, 0.717) is 0 Å². The summed E-state index contributed by atoms with van der Waals surface area (Å²) in [6.45, 7) is 1.86. The van der Waals surface area contributed by atoms with Gasteiger partial charge in [0.25, 0.3) is 5.91 Å². The smallest absolute Gasteiger partial charge is 0.257 e. The fourth-order valence-corrected chi connectivity index (χ4v) is 1.95. The second kappa shape index (κ2) is 3.98. The van der Waals surface area contributed by atoms with Crippen LogP contribution in [0.2, 0.25) is 0 Å². The molecule has 1 amide bonds. The maximum atomic E-state index is 13.6. The number of amides is 1. The molecule has 0 heterocycles. The molecule has 92 valence electrons. The summed E-state index contributed by atoms with van der Waals surface area (Å²) in [5.41, 5.74) is 4.14. The molecule has 1 saturated carbocycles. The molecular weight excluding hydrogens is 226 g/mol. The van der Waals surface area contributed by atoms with Crippen LogP contribution in [0, 0.1) is 11.6 Å². The van der Waals surface area contributed by atoms with Crippen molar-refractivity contribution in [2.75, 3.05) is 5.73 Å². The minimum atomic E-state index is -0.995. The zero-order chi connectivity index (χ0) is 12.6. The van der Waals surface area contributed by atoms with E-state index in [-0.39, 0.29) is 11.2 Å². The van der Waals surface area contributed by atoms with Crippen LogP contribution < -0.4 is 11.1 Å². The maximum Gasteiger partial charge on any atom is 0.257 e. The van der Waals surface area contributed by atoms with Crippen LogP contribution in [0.3, 0.4) is 0 Å². The van der Waals surface area contributed by atoms with Crippen molar-refractivity contribution in [3.05, 3.63) is 29.3 Å². The van der Waals surface area contributed by atoms with Crippen LogP contribution in [-0.2, 0) is 0 Å². The molecule has 0 atom stereocenters. The van der Waals surface area contributed by atoms with Gasteiger partial charge in [0.2, 0.25) is 0 Å². The van der Waals surface area contributed by atoms with Gasteiger partial charge in [0.15, 0.2) is 5.82 Å². The monoisotopic (exact) mass is 240 g/mol. The topological polar surface area (TPSA) is 55.1 Å². The molecule has 1 aromatic rings. The number of halogens is 2. The van der Waals surface area contributed by atoms with Gasteiger partial charge >= 0.3 is 0 Å². The van der Waals surface area contributed by atoms with Crippen LogP contribution in [0.5, 0.6) is 0 Å². The fourth-order valence-electron chi connectivity index (χ4n) is 1.95. The molecule has 1 aliphatic rings. The van der Waals surface area contributed by atoms with Gasteiger partial charge in [0.05, 0.1) is 5.69 Å². The molecule has 3 N–H and O–H groups in total. The molecule has 2 rings (SSSR count). The molecule has 0 spiro atoms. The number of benzene rings is 1. The predicted molar refractivity (Wildman–Crippen MR) is 60.5 cm³/mol. The minimum Gasteiger partial charge on any atom is -0.396 e. The second-order valence-electron chi connectivity index (χ2n) is 4.69. The summed E-state index contributed by atoms with van der Waals surface area (Å²) in [6.07, 6.45) is 2.66. The van der Waals surface area contributed by atoms with Gasteiger partial charge in [-0.1, -0.05) is 0 Å². The number of carbonyl (C=O) groups excluding carboxylic acids is 1. The molecule has 1 fully saturated rings. The highest BCUT2D eigenvalue weighted by Crippen LogP contribution is 2.31. The van der Waals surface area contributed by atoms with E-state index in [4.69, 9.17) is 5.73 Å². The van der Waals surface area contributed by atoms with E-state index in [9.17, 15) is 13.6 Å². The number of anilines is 1. The van der Waals surface area contributed by atoms with Gasteiger partial charge in [-0.25, -0.2) is 8.78 Å². The zero-order valence-corrected chi connectivity index (χ0v) is 9.52. The minimum absolute atomic E-state index is 0.227. The third-order valence-electron chi connectivity index (χ3n) is 3.22. The molecule has 0 aliphatic heterocycles. The highest BCUT2D eigenvalue weighted by molar-refractivity contribution is 5.96. The lowest BCUT2D eigenvalue weighted by atomic mass is 9.78. The Labute approximate surface area is 98.0 Å². The summed E-state index contributed by atoms with van der Waals surface area (Å²) in [5, 5.41) is 2.64. The van der Waals surface area contributed by atoms with Crippen molar-refractivity contribution in [3.63, 3.8) is 0 Å². The van der Waals surface area contributed by atoms with Crippen LogP contribution in [0.1, 0.15) is 36.5 Å². The Morgan fingerprint density at radius 3 is 2.59 bits per heavy atom. The van der Waals surface area contributed by atoms with Crippen LogP contribution in [0.4, 0.5) is 14.5 Å². The molecule has 1 aromatic carbocycles. The number of hydrogen-bond acceptors (Lipinski definition) is 2. The van der Waals surface area contributed by atoms with Gasteiger partial charge in [0.1, 0.15) is 11.4 Å². The number of nitrogens with two attached hydrogens (primary N) is 1. The van der Waals surface area contributed by atoms with E-state index < -0.39 is 23.1 Å². The second-order valence-corrected chi connectivity index (χ2v) is 4.69. The van der Waals surface area contributed by atoms with Crippen molar-refractivity contribution >= 4 is 11.6 Å². The molecule has 0 bridgehead atoms. The quantitative estimate of drug-likeness (QED) is 0.779. The van der Waals surface area contributed by atoms with E-state index in [2.05, 4.69) is 5.32 Å². The lowest BCUT2D eigenvalue weighted by Gasteiger charge is -2.39. The van der Waals surface area contributed by atoms with Crippen molar-refractivity contribution in [1.29, 1.82) is 0 Å². The SMILES string of the molecule is CC1(NC(=O)c2c(F)ccc(N)c2F)CCC1. The first-order valence-corrected chi connectivity index (χ1v) is 5.49. The molecule has 1 aliphatic carbocycles. The Bertz CT molecular complexity index is 470. The lowest BCUT2D eigenvalue weighted by Crippen LogP contribution is -2.51.